The number of carbonyl (C=O) groups excluding carboxylic acids is 1. The minimum Gasteiger partial charge on any atom is -0.322 e. The third-order valence-corrected chi connectivity index (χ3v) is 7.15. The lowest BCUT2D eigenvalue weighted by atomic mass is 10.1. The molecule has 1 fully saturated rings. The third kappa shape index (κ3) is 5.93. The average Bonchev–Trinajstić information content (AvgIpc) is 2.68. The number of halogens is 2. The van der Waals surface area contributed by atoms with Crippen molar-refractivity contribution < 1.29 is 13.2 Å². The summed E-state index contributed by atoms with van der Waals surface area (Å²) in [6, 6.07) is 12.2. The molecule has 156 valence electrons. The van der Waals surface area contributed by atoms with E-state index in [0.717, 1.165) is 5.56 Å². The van der Waals surface area contributed by atoms with E-state index in [1.54, 1.807) is 41.6 Å². The first kappa shape index (κ1) is 22.1. The molecule has 0 bridgehead atoms. The number of hydrogen-bond acceptors (Lipinski definition) is 4. The predicted molar refractivity (Wildman–Crippen MR) is 117 cm³/mol. The second-order valence-electron chi connectivity index (χ2n) is 6.88. The quantitative estimate of drug-likeness (QED) is 0.720. The number of hydrogen-bond donors (Lipinski definition) is 1. The molecule has 2 aromatic carbocycles. The van der Waals surface area contributed by atoms with Crippen molar-refractivity contribution in [1.29, 1.82) is 0 Å². The Morgan fingerprint density at radius 2 is 1.59 bits per heavy atom. The molecule has 1 aliphatic heterocycles. The van der Waals surface area contributed by atoms with Gasteiger partial charge in [-0.1, -0.05) is 35.3 Å². The van der Waals surface area contributed by atoms with E-state index in [1.807, 2.05) is 12.1 Å². The largest absolute Gasteiger partial charge is 0.322 e. The highest BCUT2D eigenvalue weighted by atomic mass is 35.5. The Morgan fingerprint density at radius 1 is 1.00 bits per heavy atom. The molecule has 1 amide bonds. The van der Waals surface area contributed by atoms with Crippen molar-refractivity contribution in [1.82, 2.24) is 9.21 Å². The van der Waals surface area contributed by atoms with Crippen LogP contribution in [-0.4, -0.2) is 55.5 Å². The topological polar surface area (TPSA) is 69.7 Å². The van der Waals surface area contributed by atoms with Crippen molar-refractivity contribution in [3.63, 3.8) is 0 Å². The van der Waals surface area contributed by atoms with Crippen LogP contribution in [0, 0.1) is 0 Å². The maximum Gasteiger partial charge on any atom is 0.255 e. The molecule has 0 aliphatic carbocycles. The lowest BCUT2D eigenvalue weighted by molar-refractivity contribution is 0.102. The molecule has 2 aromatic rings. The monoisotopic (exact) mass is 455 g/mol. The molecule has 1 aliphatic rings. The van der Waals surface area contributed by atoms with Gasteiger partial charge in [0.05, 0.1) is 5.75 Å². The van der Waals surface area contributed by atoms with Crippen LogP contribution in [0.2, 0.25) is 10.0 Å². The molecular weight excluding hydrogens is 433 g/mol. The highest BCUT2D eigenvalue weighted by molar-refractivity contribution is 7.89. The molecule has 0 aromatic heterocycles. The van der Waals surface area contributed by atoms with Gasteiger partial charge < -0.3 is 5.32 Å². The summed E-state index contributed by atoms with van der Waals surface area (Å²) in [4.78, 5) is 14.6. The molecule has 1 heterocycles. The number of sulfonamides is 1. The van der Waals surface area contributed by atoms with Crippen LogP contribution < -0.4 is 5.32 Å². The van der Waals surface area contributed by atoms with Gasteiger partial charge in [-0.2, -0.15) is 4.31 Å². The van der Waals surface area contributed by atoms with E-state index < -0.39 is 10.0 Å². The lowest BCUT2D eigenvalue weighted by Crippen LogP contribution is -2.48. The zero-order valence-electron chi connectivity index (χ0n) is 16.1. The van der Waals surface area contributed by atoms with E-state index in [9.17, 15) is 13.2 Å². The first-order valence-corrected chi connectivity index (χ1v) is 11.7. The van der Waals surface area contributed by atoms with Crippen LogP contribution in [0.4, 0.5) is 5.69 Å². The summed E-state index contributed by atoms with van der Waals surface area (Å²) in [5, 5.41) is 3.69. The molecule has 6 nitrogen and oxygen atoms in total. The standard InChI is InChI=1S/C20H23Cl2N3O3S/c1-2-29(27,28)25-9-7-24(8-10-25)14-15-3-5-16(6-4-15)20(26)23-19-12-17(21)11-18(22)13-19/h3-6,11-13H,2,7-10,14H2,1H3,(H,23,26). The van der Waals surface area contributed by atoms with Crippen LogP contribution in [0.1, 0.15) is 22.8 Å². The molecule has 0 unspecified atom stereocenters. The van der Waals surface area contributed by atoms with Gasteiger partial charge in [-0.25, -0.2) is 8.42 Å². The summed E-state index contributed by atoms with van der Waals surface area (Å²) in [6.45, 7) is 4.79. The first-order valence-electron chi connectivity index (χ1n) is 9.33. The Balaban J connectivity index is 1.56. The minimum atomic E-state index is -3.12. The summed E-state index contributed by atoms with van der Waals surface area (Å²) in [5.41, 5.74) is 2.14. The number of nitrogens with zero attached hydrogens (tertiary/aromatic N) is 2. The summed E-state index contributed by atoms with van der Waals surface area (Å²) >= 11 is 11.9. The number of benzene rings is 2. The zero-order valence-corrected chi connectivity index (χ0v) is 18.4. The maximum atomic E-state index is 12.4. The number of rotatable bonds is 6. The molecule has 1 N–H and O–H groups in total. The number of anilines is 1. The number of carbonyl (C=O) groups is 1. The fourth-order valence-electron chi connectivity index (χ4n) is 3.20. The highest BCUT2D eigenvalue weighted by Gasteiger charge is 2.25. The number of nitrogens with one attached hydrogen (secondary N) is 1. The van der Waals surface area contributed by atoms with Gasteiger partial charge in [0.1, 0.15) is 0 Å². The van der Waals surface area contributed by atoms with Crippen molar-refractivity contribution in [2.24, 2.45) is 0 Å². The Morgan fingerprint density at radius 3 is 2.14 bits per heavy atom. The van der Waals surface area contributed by atoms with Crippen LogP contribution >= 0.6 is 23.2 Å². The molecule has 9 heteroatoms. The third-order valence-electron chi connectivity index (χ3n) is 4.83. The molecule has 0 atom stereocenters. The highest BCUT2D eigenvalue weighted by Crippen LogP contribution is 2.23. The number of piperazine rings is 1. The van der Waals surface area contributed by atoms with Crippen LogP contribution in [0.25, 0.3) is 0 Å². The molecule has 0 saturated carbocycles. The fourth-order valence-corrected chi connectivity index (χ4v) is 4.81. The summed E-state index contributed by atoms with van der Waals surface area (Å²) in [6.07, 6.45) is 0. The fraction of sp³-hybridized carbons (Fsp3) is 0.350. The van der Waals surface area contributed by atoms with E-state index in [-0.39, 0.29) is 11.7 Å². The second-order valence-corrected chi connectivity index (χ2v) is 10.0. The molecule has 0 radical (unpaired) electrons. The van der Waals surface area contributed by atoms with E-state index >= 15 is 0 Å². The van der Waals surface area contributed by atoms with Crippen LogP contribution in [0.15, 0.2) is 42.5 Å². The van der Waals surface area contributed by atoms with E-state index in [2.05, 4.69) is 10.2 Å². The van der Waals surface area contributed by atoms with Crippen LogP contribution in [0.3, 0.4) is 0 Å². The van der Waals surface area contributed by atoms with Crippen molar-refractivity contribution in [2.75, 3.05) is 37.2 Å². The molecular formula is C20H23Cl2N3O3S. The van der Waals surface area contributed by atoms with Crippen LogP contribution in [0.5, 0.6) is 0 Å². The smallest absolute Gasteiger partial charge is 0.255 e. The van der Waals surface area contributed by atoms with Gasteiger partial charge in [-0.15, -0.1) is 0 Å². The second kappa shape index (κ2) is 9.45. The van der Waals surface area contributed by atoms with Crippen molar-refractivity contribution in [3.05, 3.63) is 63.6 Å². The van der Waals surface area contributed by atoms with Crippen molar-refractivity contribution in [3.8, 4) is 0 Å². The van der Waals surface area contributed by atoms with Gasteiger partial charge in [0.25, 0.3) is 5.91 Å². The van der Waals surface area contributed by atoms with Crippen molar-refractivity contribution in [2.45, 2.75) is 13.5 Å². The molecule has 3 rings (SSSR count). The molecule has 0 spiro atoms. The first-order chi connectivity index (χ1) is 13.8. The maximum absolute atomic E-state index is 12.4. The van der Waals surface area contributed by atoms with E-state index in [4.69, 9.17) is 23.2 Å². The van der Waals surface area contributed by atoms with Gasteiger partial charge in [0, 0.05) is 54.0 Å². The molecule has 1 saturated heterocycles. The lowest BCUT2D eigenvalue weighted by Gasteiger charge is -2.33. The number of amides is 1. The van der Waals surface area contributed by atoms with Crippen LogP contribution in [-0.2, 0) is 16.6 Å². The van der Waals surface area contributed by atoms with Gasteiger partial charge >= 0.3 is 0 Å². The Hall–Kier alpha value is -1.64. The minimum absolute atomic E-state index is 0.137. The predicted octanol–water partition coefficient (Wildman–Crippen LogP) is 3.71. The Kier molecular flexibility index (Phi) is 7.19. The van der Waals surface area contributed by atoms with Gasteiger partial charge in [0.15, 0.2) is 0 Å². The Bertz CT molecular complexity index is 953. The summed E-state index contributed by atoms with van der Waals surface area (Å²) < 4.78 is 25.4. The molecule has 29 heavy (non-hydrogen) atoms. The van der Waals surface area contributed by atoms with Crippen molar-refractivity contribution >= 4 is 44.8 Å². The summed E-state index contributed by atoms with van der Waals surface area (Å²) in [5.74, 6) is -0.106. The van der Waals surface area contributed by atoms with E-state index in [1.165, 1.54) is 0 Å². The summed E-state index contributed by atoms with van der Waals surface area (Å²) in [7, 11) is -3.12. The van der Waals surface area contributed by atoms with Gasteiger partial charge in [-0.05, 0) is 42.8 Å². The van der Waals surface area contributed by atoms with Gasteiger partial charge in [-0.3, -0.25) is 9.69 Å². The Labute approximate surface area is 181 Å². The van der Waals surface area contributed by atoms with Gasteiger partial charge in [0.2, 0.25) is 10.0 Å². The zero-order chi connectivity index (χ0) is 21.0. The SMILES string of the molecule is CCS(=O)(=O)N1CCN(Cc2ccc(C(=O)Nc3cc(Cl)cc(Cl)c3)cc2)CC1. The normalized spacial score (nSPS) is 16.0. The average molecular weight is 456 g/mol. The van der Waals surface area contributed by atoms with E-state index in [0.29, 0.717) is 54.0 Å².